The zero-order valence-electron chi connectivity index (χ0n) is 10.7. The van der Waals surface area contributed by atoms with Crippen molar-refractivity contribution in [1.29, 1.82) is 0 Å². The predicted molar refractivity (Wildman–Crippen MR) is 71.8 cm³/mol. The number of benzene rings is 1. The fourth-order valence-corrected chi connectivity index (χ4v) is 1.88. The average molecular weight is 220 g/mol. The van der Waals surface area contributed by atoms with E-state index in [2.05, 4.69) is 50.1 Å². The van der Waals surface area contributed by atoms with Crippen LogP contribution < -0.4 is 10.6 Å². The number of nitrogens with two attached hydrogens (primary N) is 1. The molecule has 0 spiro atoms. The summed E-state index contributed by atoms with van der Waals surface area (Å²) in [6, 6.07) is 8.62. The fraction of sp³-hybridized carbons (Fsp3) is 0.571. The van der Waals surface area contributed by atoms with Crippen LogP contribution in [0.15, 0.2) is 24.3 Å². The third kappa shape index (κ3) is 3.24. The summed E-state index contributed by atoms with van der Waals surface area (Å²) in [4.78, 5) is 2.31. The van der Waals surface area contributed by atoms with Gasteiger partial charge in [-0.05, 0) is 24.5 Å². The van der Waals surface area contributed by atoms with Gasteiger partial charge in [0, 0.05) is 25.3 Å². The Balaban J connectivity index is 2.85. The molecule has 0 aliphatic carbocycles. The quantitative estimate of drug-likeness (QED) is 0.796. The summed E-state index contributed by atoms with van der Waals surface area (Å²) >= 11 is 0. The molecule has 0 bridgehead atoms. The van der Waals surface area contributed by atoms with Crippen LogP contribution in [0.1, 0.15) is 44.7 Å². The van der Waals surface area contributed by atoms with Crippen LogP contribution in [0.3, 0.4) is 0 Å². The highest BCUT2D eigenvalue weighted by Crippen LogP contribution is 2.26. The summed E-state index contributed by atoms with van der Waals surface area (Å²) in [5.74, 6) is 0. The minimum Gasteiger partial charge on any atom is -0.374 e. The molecule has 90 valence electrons. The standard InChI is InChI=1S/C14H24N2/c1-4-6-11-16(3)14-10-8-7-9-12(14)13(15)5-2/h7-10,13H,4-6,11,15H2,1-3H3. The number of anilines is 1. The van der Waals surface area contributed by atoms with Gasteiger partial charge in [0.2, 0.25) is 0 Å². The van der Waals surface area contributed by atoms with Crippen LogP contribution in [-0.2, 0) is 0 Å². The molecule has 1 rings (SSSR count). The molecule has 2 heteroatoms. The van der Waals surface area contributed by atoms with E-state index in [0.717, 1.165) is 13.0 Å². The van der Waals surface area contributed by atoms with Gasteiger partial charge in [-0.3, -0.25) is 0 Å². The number of nitrogens with zero attached hydrogens (tertiary/aromatic N) is 1. The van der Waals surface area contributed by atoms with Gasteiger partial charge in [0.1, 0.15) is 0 Å². The molecule has 0 fully saturated rings. The molecule has 1 atom stereocenters. The SMILES string of the molecule is CCCCN(C)c1ccccc1C(N)CC. The van der Waals surface area contributed by atoms with Gasteiger partial charge in [-0.2, -0.15) is 0 Å². The van der Waals surface area contributed by atoms with Crippen molar-refractivity contribution in [2.75, 3.05) is 18.5 Å². The molecule has 16 heavy (non-hydrogen) atoms. The molecule has 0 amide bonds. The molecule has 0 radical (unpaired) electrons. The Labute approximate surface area is 99.5 Å². The molecule has 0 saturated heterocycles. The maximum Gasteiger partial charge on any atom is 0.0412 e. The molecule has 0 aromatic heterocycles. The second-order valence-electron chi connectivity index (χ2n) is 4.35. The summed E-state index contributed by atoms with van der Waals surface area (Å²) in [5.41, 5.74) is 8.68. The molecule has 0 aliphatic heterocycles. The fourth-order valence-electron chi connectivity index (χ4n) is 1.88. The maximum atomic E-state index is 6.13. The lowest BCUT2D eigenvalue weighted by Crippen LogP contribution is -2.22. The van der Waals surface area contributed by atoms with E-state index < -0.39 is 0 Å². The van der Waals surface area contributed by atoms with Gasteiger partial charge in [-0.1, -0.05) is 38.5 Å². The van der Waals surface area contributed by atoms with Crippen molar-refractivity contribution in [3.8, 4) is 0 Å². The van der Waals surface area contributed by atoms with E-state index in [1.807, 2.05) is 0 Å². The van der Waals surface area contributed by atoms with Crippen LogP contribution >= 0.6 is 0 Å². The van der Waals surface area contributed by atoms with Gasteiger partial charge in [0.05, 0.1) is 0 Å². The monoisotopic (exact) mass is 220 g/mol. The zero-order chi connectivity index (χ0) is 12.0. The van der Waals surface area contributed by atoms with Crippen LogP contribution in [0.4, 0.5) is 5.69 Å². The van der Waals surface area contributed by atoms with E-state index in [1.165, 1.54) is 24.1 Å². The van der Waals surface area contributed by atoms with E-state index >= 15 is 0 Å². The van der Waals surface area contributed by atoms with E-state index in [1.54, 1.807) is 0 Å². The number of hydrogen-bond donors (Lipinski definition) is 1. The first-order valence-corrected chi connectivity index (χ1v) is 6.26. The number of unbranched alkanes of at least 4 members (excludes halogenated alkanes) is 1. The Morgan fingerprint density at radius 2 is 1.94 bits per heavy atom. The minimum absolute atomic E-state index is 0.153. The number of para-hydroxylation sites is 1. The first-order chi connectivity index (χ1) is 7.70. The summed E-state index contributed by atoms with van der Waals surface area (Å²) in [7, 11) is 2.15. The second kappa shape index (κ2) is 6.54. The molecule has 2 nitrogen and oxygen atoms in total. The highest BCUT2D eigenvalue weighted by Gasteiger charge is 2.11. The molecule has 2 N–H and O–H groups in total. The van der Waals surface area contributed by atoms with Crippen molar-refractivity contribution in [3.63, 3.8) is 0 Å². The molecule has 0 saturated carbocycles. The largest absolute Gasteiger partial charge is 0.374 e. The smallest absolute Gasteiger partial charge is 0.0412 e. The maximum absolute atomic E-state index is 6.13. The van der Waals surface area contributed by atoms with Crippen molar-refractivity contribution in [3.05, 3.63) is 29.8 Å². The Bertz CT molecular complexity index is 309. The van der Waals surface area contributed by atoms with Gasteiger partial charge in [-0.15, -0.1) is 0 Å². The van der Waals surface area contributed by atoms with Crippen molar-refractivity contribution in [1.82, 2.24) is 0 Å². The summed E-state index contributed by atoms with van der Waals surface area (Å²) in [6.45, 7) is 5.45. The summed E-state index contributed by atoms with van der Waals surface area (Å²) in [6.07, 6.45) is 3.44. The molecule has 1 unspecified atom stereocenters. The molecule has 0 aliphatic rings. The van der Waals surface area contributed by atoms with Gasteiger partial charge in [0.15, 0.2) is 0 Å². The zero-order valence-corrected chi connectivity index (χ0v) is 10.7. The first kappa shape index (κ1) is 13.0. The Morgan fingerprint density at radius 3 is 2.56 bits per heavy atom. The lowest BCUT2D eigenvalue weighted by Gasteiger charge is -2.24. The van der Waals surface area contributed by atoms with Crippen LogP contribution in [0.25, 0.3) is 0 Å². The number of hydrogen-bond acceptors (Lipinski definition) is 2. The van der Waals surface area contributed by atoms with Crippen molar-refractivity contribution in [2.24, 2.45) is 5.73 Å². The van der Waals surface area contributed by atoms with E-state index in [9.17, 15) is 0 Å². The Kier molecular flexibility index (Phi) is 5.33. The van der Waals surface area contributed by atoms with E-state index in [0.29, 0.717) is 0 Å². The molecule has 1 aromatic rings. The van der Waals surface area contributed by atoms with Crippen molar-refractivity contribution < 1.29 is 0 Å². The van der Waals surface area contributed by atoms with Gasteiger partial charge in [-0.25, -0.2) is 0 Å². The normalized spacial score (nSPS) is 12.5. The van der Waals surface area contributed by atoms with Crippen LogP contribution in [0.2, 0.25) is 0 Å². The Morgan fingerprint density at radius 1 is 1.25 bits per heavy atom. The van der Waals surface area contributed by atoms with Gasteiger partial charge >= 0.3 is 0 Å². The Hall–Kier alpha value is -1.02. The average Bonchev–Trinajstić information content (AvgIpc) is 2.35. The van der Waals surface area contributed by atoms with Crippen molar-refractivity contribution >= 4 is 5.69 Å². The lowest BCUT2D eigenvalue weighted by atomic mass is 10.0. The molecule has 1 aromatic carbocycles. The van der Waals surface area contributed by atoms with E-state index in [-0.39, 0.29) is 6.04 Å². The third-order valence-electron chi connectivity index (χ3n) is 3.03. The highest BCUT2D eigenvalue weighted by atomic mass is 15.1. The summed E-state index contributed by atoms with van der Waals surface area (Å²) in [5, 5.41) is 0. The molecular weight excluding hydrogens is 196 g/mol. The summed E-state index contributed by atoms with van der Waals surface area (Å²) < 4.78 is 0. The molecule has 0 heterocycles. The van der Waals surface area contributed by atoms with Crippen LogP contribution in [0, 0.1) is 0 Å². The third-order valence-corrected chi connectivity index (χ3v) is 3.03. The topological polar surface area (TPSA) is 29.3 Å². The van der Waals surface area contributed by atoms with Crippen LogP contribution in [0.5, 0.6) is 0 Å². The highest BCUT2D eigenvalue weighted by molar-refractivity contribution is 5.54. The number of rotatable bonds is 6. The molecular formula is C14H24N2. The van der Waals surface area contributed by atoms with Crippen LogP contribution in [-0.4, -0.2) is 13.6 Å². The van der Waals surface area contributed by atoms with Crippen molar-refractivity contribution in [2.45, 2.75) is 39.2 Å². The first-order valence-electron chi connectivity index (χ1n) is 6.26. The van der Waals surface area contributed by atoms with Gasteiger partial charge in [0.25, 0.3) is 0 Å². The second-order valence-corrected chi connectivity index (χ2v) is 4.35. The predicted octanol–water partition coefficient (Wildman–Crippen LogP) is 3.33. The van der Waals surface area contributed by atoms with E-state index in [4.69, 9.17) is 5.73 Å². The van der Waals surface area contributed by atoms with Gasteiger partial charge < -0.3 is 10.6 Å². The minimum atomic E-state index is 0.153. The lowest BCUT2D eigenvalue weighted by molar-refractivity contribution is 0.689.